The Bertz CT molecular complexity index is 384. The molecule has 6 nitrogen and oxygen atoms in total. The number of carbonyl (C=O) groups is 2. The van der Waals surface area contributed by atoms with Gasteiger partial charge >= 0.3 is 0 Å². The van der Waals surface area contributed by atoms with Crippen LogP contribution in [0.4, 0.5) is 0 Å². The number of amides is 2. The molecular formula is C10H12N2O4. The van der Waals surface area contributed by atoms with E-state index in [0.717, 1.165) is 4.90 Å². The third kappa shape index (κ3) is 2.56. The quantitative estimate of drug-likeness (QED) is 0.578. The van der Waals surface area contributed by atoms with Crippen LogP contribution in [-0.4, -0.2) is 40.4 Å². The van der Waals surface area contributed by atoms with Crippen molar-refractivity contribution in [1.82, 2.24) is 4.90 Å². The number of rotatable bonds is 4. The van der Waals surface area contributed by atoms with Crippen molar-refractivity contribution < 1.29 is 19.8 Å². The van der Waals surface area contributed by atoms with Crippen molar-refractivity contribution in [2.45, 2.75) is 0 Å². The molecule has 0 fully saturated rings. The van der Waals surface area contributed by atoms with Gasteiger partial charge in [-0.15, -0.1) is 0 Å². The number of primary amides is 1. The molecular weight excluding hydrogens is 212 g/mol. The number of nitrogens with zero attached hydrogens (tertiary/aromatic N) is 1. The topological polar surface area (TPSA) is 104 Å². The molecule has 0 atom stereocenters. The van der Waals surface area contributed by atoms with Gasteiger partial charge in [-0.05, 0) is 24.3 Å². The average Bonchev–Trinajstić information content (AvgIpc) is 2.30. The fourth-order valence-corrected chi connectivity index (χ4v) is 1.13. The Labute approximate surface area is 91.9 Å². The van der Waals surface area contributed by atoms with E-state index in [1.54, 1.807) is 0 Å². The maximum Gasteiger partial charge on any atom is 0.257 e. The molecule has 0 spiro atoms. The van der Waals surface area contributed by atoms with E-state index in [2.05, 4.69) is 0 Å². The van der Waals surface area contributed by atoms with Gasteiger partial charge in [0.1, 0.15) is 13.5 Å². The van der Waals surface area contributed by atoms with Gasteiger partial charge in [-0.1, -0.05) is 0 Å². The number of hydrogen-bond donors (Lipinski definition) is 3. The SMILES string of the molecule is NC(=O)c1ccc(C(=O)N(CO)CO)cc1. The smallest absolute Gasteiger partial charge is 0.257 e. The molecule has 2 amide bonds. The van der Waals surface area contributed by atoms with E-state index in [0.29, 0.717) is 0 Å². The molecule has 0 aliphatic heterocycles. The lowest BCUT2D eigenvalue weighted by molar-refractivity contribution is 0.0240. The van der Waals surface area contributed by atoms with Gasteiger partial charge in [0.05, 0.1) is 0 Å². The third-order valence-electron chi connectivity index (χ3n) is 2.05. The summed E-state index contributed by atoms with van der Waals surface area (Å²) in [5, 5.41) is 17.5. The third-order valence-corrected chi connectivity index (χ3v) is 2.05. The highest BCUT2D eigenvalue weighted by Gasteiger charge is 2.13. The molecule has 0 aliphatic rings. The van der Waals surface area contributed by atoms with Gasteiger partial charge in [0.15, 0.2) is 0 Å². The summed E-state index contributed by atoms with van der Waals surface area (Å²) in [4.78, 5) is 23.2. The molecule has 0 saturated carbocycles. The van der Waals surface area contributed by atoms with Gasteiger partial charge in [0.25, 0.3) is 5.91 Å². The molecule has 1 aromatic rings. The normalized spacial score (nSPS) is 9.88. The second-order valence-electron chi connectivity index (χ2n) is 3.07. The highest BCUT2D eigenvalue weighted by atomic mass is 16.3. The molecule has 0 heterocycles. The van der Waals surface area contributed by atoms with Crippen molar-refractivity contribution in [3.05, 3.63) is 35.4 Å². The fourth-order valence-electron chi connectivity index (χ4n) is 1.13. The Kier molecular flexibility index (Phi) is 3.98. The standard InChI is InChI=1S/C10H12N2O4/c11-9(15)7-1-3-8(4-2-7)10(16)12(5-13)6-14/h1-4,13-14H,5-6H2,(H2,11,15). The minimum absolute atomic E-state index is 0.258. The molecule has 16 heavy (non-hydrogen) atoms. The first-order chi connectivity index (χ1) is 7.60. The second-order valence-corrected chi connectivity index (χ2v) is 3.07. The minimum Gasteiger partial charge on any atom is -0.376 e. The van der Waals surface area contributed by atoms with Crippen LogP contribution in [-0.2, 0) is 0 Å². The molecule has 4 N–H and O–H groups in total. The van der Waals surface area contributed by atoms with Gasteiger partial charge in [0, 0.05) is 11.1 Å². The van der Waals surface area contributed by atoms with Crippen LogP contribution in [0.1, 0.15) is 20.7 Å². The number of hydrogen-bond acceptors (Lipinski definition) is 4. The van der Waals surface area contributed by atoms with Crippen LogP contribution in [0.2, 0.25) is 0 Å². The first kappa shape index (κ1) is 12.2. The molecule has 1 rings (SSSR count). The van der Waals surface area contributed by atoms with Crippen LogP contribution in [0.3, 0.4) is 0 Å². The summed E-state index contributed by atoms with van der Waals surface area (Å²) < 4.78 is 0. The monoisotopic (exact) mass is 224 g/mol. The molecule has 86 valence electrons. The lowest BCUT2D eigenvalue weighted by atomic mass is 10.1. The number of nitrogens with two attached hydrogens (primary N) is 1. The van der Waals surface area contributed by atoms with Gasteiger partial charge in [0.2, 0.25) is 5.91 Å². The minimum atomic E-state index is -0.583. The zero-order valence-electron chi connectivity index (χ0n) is 8.46. The van der Waals surface area contributed by atoms with Crippen molar-refractivity contribution in [3.63, 3.8) is 0 Å². The molecule has 0 aromatic heterocycles. The van der Waals surface area contributed by atoms with E-state index < -0.39 is 25.3 Å². The van der Waals surface area contributed by atoms with Gasteiger partial charge in [-0.3, -0.25) is 14.5 Å². The van der Waals surface area contributed by atoms with Crippen molar-refractivity contribution in [1.29, 1.82) is 0 Å². The Morgan fingerprint density at radius 1 is 1.06 bits per heavy atom. The van der Waals surface area contributed by atoms with Crippen LogP contribution in [0.15, 0.2) is 24.3 Å². The van der Waals surface area contributed by atoms with Crippen LogP contribution in [0.5, 0.6) is 0 Å². The zero-order valence-corrected chi connectivity index (χ0v) is 8.46. The number of aliphatic hydroxyl groups excluding tert-OH is 2. The van der Waals surface area contributed by atoms with E-state index in [-0.39, 0.29) is 11.1 Å². The molecule has 0 bridgehead atoms. The van der Waals surface area contributed by atoms with E-state index in [9.17, 15) is 9.59 Å². The Morgan fingerprint density at radius 3 is 1.88 bits per heavy atom. The number of carbonyl (C=O) groups excluding carboxylic acids is 2. The van der Waals surface area contributed by atoms with Gasteiger partial charge < -0.3 is 15.9 Å². The van der Waals surface area contributed by atoms with Gasteiger partial charge in [-0.2, -0.15) is 0 Å². The molecule has 0 radical (unpaired) electrons. The van der Waals surface area contributed by atoms with E-state index in [4.69, 9.17) is 15.9 Å². The summed E-state index contributed by atoms with van der Waals surface area (Å²) in [6.07, 6.45) is 0. The fraction of sp³-hybridized carbons (Fsp3) is 0.200. The molecule has 6 heteroatoms. The van der Waals surface area contributed by atoms with Crippen molar-refractivity contribution in [2.75, 3.05) is 13.5 Å². The number of aliphatic hydroxyl groups is 2. The first-order valence-electron chi connectivity index (χ1n) is 4.51. The van der Waals surface area contributed by atoms with E-state index in [1.807, 2.05) is 0 Å². The Hall–Kier alpha value is -1.92. The van der Waals surface area contributed by atoms with Crippen molar-refractivity contribution in [2.24, 2.45) is 5.73 Å². The summed E-state index contributed by atoms with van der Waals surface area (Å²) in [5.41, 5.74) is 5.58. The van der Waals surface area contributed by atoms with Crippen LogP contribution < -0.4 is 5.73 Å². The molecule has 0 aliphatic carbocycles. The summed E-state index contributed by atoms with van der Waals surface area (Å²) in [5.74, 6) is -1.11. The average molecular weight is 224 g/mol. The summed E-state index contributed by atoms with van der Waals surface area (Å²) in [6.45, 7) is -1.15. The van der Waals surface area contributed by atoms with Crippen LogP contribution in [0.25, 0.3) is 0 Å². The van der Waals surface area contributed by atoms with Gasteiger partial charge in [-0.25, -0.2) is 0 Å². The van der Waals surface area contributed by atoms with E-state index >= 15 is 0 Å². The van der Waals surface area contributed by atoms with Crippen molar-refractivity contribution >= 4 is 11.8 Å². The van der Waals surface area contributed by atoms with Crippen LogP contribution in [0, 0.1) is 0 Å². The van der Waals surface area contributed by atoms with Crippen molar-refractivity contribution in [3.8, 4) is 0 Å². The predicted molar refractivity (Wildman–Crippen MR) is 55.3 cm³/mol. The lowest BCUT2D eigenvalue weighted by Crippen LogP contribution is -2.32. The summed E-state index contributed by atoms with van der Waals surface area (Å²) in [6, 6.07) is 5.62. The Balaban J connectivity index is 2.89. The Morgan fingerprint density at radius 2 is 1.50 bits per heavy atom. The second kappa shape index (κ2) is 5.24. The highest BCUT2D eigenvalue weighted by Crippen LogP contribution is 2.06. The number of benzene rings is 1. The highest BCUT2D eigenvalue weighted by molar-refractivity contribution is 5.97. The van der Waals surface area contributed by atoms with Crippen LogP contribution >= 0.6 is 0 Å². The van der Waals surface area contributed by atoms with E-state index in [1.165, 1.54) is 24.3 Å². The molecule has 0 saturated heterocycles. The molecule has 1 aromatic carbocycles. The molecule has 0 unspecified atom stereocenters. The maximum absolute atomic E-state index is 11.6. The largest absolute Gasteiger partial charge is 0.376 e. The lowest BCUT2D eigenvalue weighted by Gasteiger charge is -2.16. The predicted octanol–water partition coefficient (Wildman–Crippen LogP) is -0.873. The maximum atomic E-state index is 11.6. The summed E-state index contributed by atoms with van der Waals surface area (Å²) in [7, 11) is 0. The summed E-state index contributed by atoms with van der Waals surface area (Å²) >= 11 is 0. The first-order valence-corrected chi connectivity index (χ1v) is 4.51. The zero-order chi connectivity index (χ0) is 12.1.